The van der Waals surface area contributed by atoms with Crippen LogP contribution in [0.5, 0.6) is 5.75 Å². The van der Waals surface area contributed by atoms with Crippen molar-refractivity contribution >= 4 is 15.9 Å². The zero-order valence-corrected chi connectivity index (χ0v) is 16.6. The highest BCUT2D eigenvalue weighted by Gasteiger charge is 2.24. The molecule has 0 aliphatic carbocycles. The minimum atomic E-state index is -3.75. The van der Waals surface area contributed by atoms with Gasteiger partial charge in [0.15, 0.2) is 0 Å². The van der Waals surface area contributed by atoms with Crippen molar-refractivity contribution in [3.05, 3.63) is 23.8 Å². The molecule has 0 bridgehead atoms. The summed E-state index contributed by atoms with van der Waals surface area (Å²) in [5, 5.41) is 2.91. The molecule has 0 radical (unpaired) electrons. The highest BCUT2D eigenvalue weighted by atomic mass is 32.2. The van der Waals surface area contributed by atoms with Crippen molar-refractivity contribution in [1.29, 1.82) is 0 Å². The number of nitrogens with one attached hydrogen (secondary N) is 2. The number of amides is 1. The number of sulfonamides is 1. The quantitative estimate of drug-likeness (QED) is 0.486. The van der Waals surface area contributed by atoms with Crippen LogP contribution < -0.4 is 14.8 Å². The summed E-state index contributed by atoms with van der Waals surface area (Å²) in [6, 6.07) is 4.53. The Morgan fingerprint density at radius 2 is 2.22 bits per heavy atom. The summed E-state index contributed by atoms with van der Waals surface area (Å²) in [7, 11) is -2.30. The van der Waals surface area contributed by atoms with Gasteiger partial charge in [-0.15, -0.1) is 12.3 Å². The van der Waals surface area contributed by atoms with E-state index in [-0.39, 0.29) is 29.3 Å². The van der Waals surface area contributed by atoms with Crippen molar-refractivity contribution in [3.63, 3.8) is 0 Å². The SMILES string of the molecule is C#CCCNS(=O)(=O)c1ccc(OC)c(C(=O)NCC2CCCN2CC)c1. The predicted molar refractivity (Wildman–Crippen MR) is 104 cm³/mol. The molecule has 7 nitrogen and oxygen atoms in total. The number of likely N-dealkylation sites (tertiary alicyclic amines) is 1. The maximum absolute atomic E-state index is 12.7. The standard InChI is InChI=1S/C19H27N3O4S/c1-4-6-11-21-27(24,25)16-9-10-18(26-3)17(13-16)19(23)20-14-15-8-7-12-22(15)5-2/h1,9-10,13,15,21H,5-8,11-12,14H2,2-3H3,(H,20,23). The first-order valence-electron chi connectivity index (χ1n) is 9.06. The molecule has 8 heteroatoms. The number of likely N-dealkylation sites (N-methyl/N-ethyl adjacent to an activating group) is 1. The van der Waals surface area contributed by atoms with Gasteiger partial charge in [-0.1, -0.05) is 6.92 Å². The normalized spacial score (nSPS) is 17.4. The van der Waals surface area contributed by atoms with Gasteiger partial charge in [0.05, 0.1) is 17.6 Å². The second-order valence-corrected chi connectivity index (χ2v) is 8.12. The molecule has 1 fully saturated rings. The Hall–Kier alpha value is -2.08. The first kappa shape index (κ1) is 21.2. The van der Waals surface area contributed by atoms with Crippen molar-refractivity contribution in [3.8, 4) is 18.1 Å². The van der Waals surface area contributed by atoms with Gasteiger partial charge >= 0.3 is 0 Å². The molecular formula is C19H27N3O4S. The number of benzene rings is 1. The smallest absolute Gasteiger partial charge is 0.255 e. The molecule has 1 aromatic carbocycles. The Morgan fingerprint density at radius 1 is 1.44 bits per heavy atom. The van der Waals surface area contributed by atoms with Crippen molar-refractivity contribution in [2.45, 2.75) is 37.1 Å². The zero-order chi connectivity index (χ0) is 19.9. The molecular weight excluding hydrogens is 366 g/mol. The molecule has 1 heterocycles. The van der Waals surface area contributed by atoms with E-state index in [1.807, 2.05) is 0 Å². The number of rotatable bonds is 9. The fourth-order valence-electron chi connectivity index (χ4n) is 3.22. The monoisotopic (exact) mass is 393 g/mol. The number of carbonyl (C=O) groups excluding carboxylic acids is 1. The van der Waals surface area contributed by atoms with Crippen molar-refractivity contribution in [1.82, 2.24) is 14.9 Å². The first-order chi connectivity index (χ1) is 12.9. The Bertz CT molecular complexity index is 802. The Balaban J connectivity index is 2.14. The van der Waals surface area contributed by atoms with Gasteiger partial charge in [0.1, 0.15) is 5.75 Å². The lowest BCUT2D eigenvalue weighted by atomic mass is 10.1. The fourth-order valence-corrected chi connectivity index (χ4v) is 4.28. The van der Waals surface area contributed by atoms with Crippen LogP contribution in [-0.4, -0.2) is 58.6 Å². The lowest BCUT2D eigenvalue weighted by Crippen LogP contribution is -2.40. The summed E-state index contributed by atoms with van der Waals surface area (Å²) >= 11 is 0. The number of methoxy groups -OCH3 is 1. The van der Waals surface area contributed by atoms with Gasteiger partial charge in [-0.25, -0.2) is 13.1 Å². The number of hydrogen-bond donors (Lipinski definition) is 2. The predicted octanol–water partition coefficient (Wildman–Crippen LogP) is 1.21. The summed E-state index contributed by atoms with van der Waals surface area (Å²) in [5.74, 6) is 2.35. The number of carbonyl (C=O) groups is 1. The maximum atomic E-state index is 12.7. The lowest BCUT2D eigenvalue weighted by molar-refractivity contribution is 0.0938. The van der Waals surface area contributed by atoms with E-state index < -0.39 is 10.0 Å². The molecule has 1 amide bonds. The molecule has 27 heavy (non-hydrogen) atoms. The first-order valence-corrected chi connectivity index (χ1v) is 10.5. The Morgan fingerprint density at radius 3 is 2.89 bits per heavy atom. The lowest BCUT2D eigenvalue weighted by Gasteiger charge is -2.23. The minimum absolute atomic E-state index is 0.00141. The topological polar surface area (TPSA) is 87.7 Å². The number of ether oxygens (including phenoxy) is 1. The van der Waals surface area contributed by atoms with E-state index in [2.05, 4.69) is 27.8 Å². The van der Waals surface area contributed by atoms with Crippen LogP contribution in [0.25, 0.3) is 0 Å². The molecule has 1 aliphatic rings. The largest absolute Gasteiger partial charge is 0.496 e. The zero-order valence-electron chi connectivity index (χ0n) is 15.8. The maximum Gasteiger partial charge on any atom is 0.255 e. The number of terminal acetylenes is 1. The van der Waals surface area contributed by atoms with Gasteiger partial charge in [-0.3, -0.25) is 9.69 Å². The molecule has 0 aromatic heterocycles. The van der Waals surface area contributed by atoms with Gasteiger partial charge < -0.3 is 10.1 Å². The van der Waals surface area contributed by atoms with E-state index in [1.165, 1.54) is 25.3 Å². The van der Waals surface area contributed by atoms with Gasteiger partial charge in [0, 0.05) is 25.6 Å². The van der Waals surface area contributed by atoms with Crippen LogP contribution in [-0.2, 0) is 10.0 Å². The molecule has 148 valence electrons. The Labute approximate surface area is 161 Å². The molecule has 1 unspecified atom stereocenters. The van der Waals surface area contributed by atoms with E-state index in [0.717, 1.165) is 25.9 Å². The van der Waals surface area contributed by atoms with Crippen LogP contribution >= 0.6 is 0 Å². The second-order valence-electron chi connectivity index (χ2n) is 6.35. The summed E-state index contributed by atoms with van der Waals surface area (Å²) in [6.07, 6.45) is 7.60. The van der Waals surface area contributed by atoms with Crippen molar-refractivity contribution < 1.29 is 17.9 Å². The average Bonchev–Trinajstić information content (AvgIpc) is 3.13. The highest BCUT2D eigenvalue weighted by Crippen LogP contribution is 2.23. The molecule has 1 aromatic rings. The van der Waals surface area contributed by atoms with Crippen LogP contribution in [0, 0.1) is 12.3 Å². The minimum Gasteiger partial charge on any atom is -0.496 e. The van der Waals surface area contributed by atoms with Crippen molar-refractivity contribution in [2.24, 2.45) is 0 Å². The molecule has 0 spiro atoms. The number of nitrogens with zero attached hydrogens (tertiary/aromatic N) is 1. The summed E-state index contributed by atoms with van der Waals surface area (Å²) in [4.78, 5) is 15.0. The average molecular weight is 394 g/mol. The third-order valence-electron chi connectivity index (χ3n) is 4.69. The molecule has 0 saturated carbocycles. The van der Waals surface area contributed by atoms with Crippen LogP contribution in [0.2, 0.25) is 0 Å². The van der Waals surface area contributed by atoms with Gasteiger partial charge in [0.25, 0.3) is 5.91 Å². The van der Waals surface area contributed by atoms with Crippen LogP contribution in [0.15, 0.2) is 23.1 Å². The molecule has 1 atom stereocenters. The summed E-state index contributed by atoms with van der Waals surface area (Å²) in [5.41, 5.74) is 0.193. The van der Waals surface area contributed by atoms with Gasteiger partial charge in [-0.05, 0) is 44.1 Å². The van der Waals surface area contributed by atoms with E-state index in [1.54, 1.807) is 0 Å². The third kappa shape index (κ3) is 5.45. The highest BCUT2D eigenvalue weighted by molar-refractivity contribution is 7.89. The van der Waals surface area contributed by atoms with Crippen LogP contribution in [0.3, 0.4) is 0 Å². The molecule has 1 aliphatic heterocycles. The Kier molecular flexibility index (Phi) is 7.66. The second kappa shape index (κ2) is 9.74. The van der Waals surface area contributed by atoms with Crippen LogP contribution in [0.4, 0.5) is 0 Å². The van der Waals surface area contributed by atoms with E-state index in [9.17, 15) is 13.2 Å². The van der Waals surface area contributed by atoms with Gasteiger partial charge in [0.2, 0.25) is 10.0 Å². The van der Waals surface area contributed by atoms with E-state index >= 15 is 0 Å². The third-order valence-corrected chi connectivity index (χ3v) is 6.15. The fraction of sp³-hybridized carbons (Fsp3) is 0.526. The summed E-state index contributed by atoms with van der Waals surface area (Å²) in [6.45, 7) is 4.75. The van der Waals surface area contributed by atoms with Gasteiger partial charge in [-0.2, -0.15) is 0 Å². The molecule has 2 rings (SSSR count). The van der Waals surface area contributed by atoms with E-state index in [0.29, 0.717) is 18.3 Å². The van der Waals surface area contributed by atoms with Crippen LogP contribution in [0.1, 0.15) is 36.5 Å². The summed E-state index contributed by atoms with van der Waals surface area (Å²) < 4.78 is 32.4. The number of hydrogen-bond acceptors (Lipinski definition) is 5. The molecule has 2 N–H and O–H groups in total. The van der Waals surface area contributed by atoms with Crippen molar-refractivity contribution in [2.75, 3.05) is 33.3 Å². The van der Waals surface area contributed by atoms with E-state index in [4.69, 9.17) is 11.2 Å². The molecule has 1 saturated heterocycles.